The second kappa shape index (κ2) is 8.12. The van der Waals surface area contributed by atoms with Gasteiger partial charge in [0.2, 0.25) is 0 Å². The highest BCUT2D eigenvalue weighted by Gasteiger charge is 2.18. The van der Waals surface area contributed by atoms with E-state index in [1.165, 1.54) is 12.8 Å². The van der Waals surface area contributed by atoms with Gasteiger partial charge in [0, 0.05) is 12.6 Å². The van der Waals surface area contributed by atoms with Crippen molar-refractivity contribution in [3.05, 3.63) is 0 Å². The molecule has 0 heterocycles. The van der Waals surface area contributed by atoms with Crippen LogP contribution in [-0.2, 0) is 4.74 Å². The second-order valence-electron chi connectivity index (χ2n) is 5.49. The summed E-state index contributed by atoms with van der Waals surface area (Å²) in [4.78, 5) is 0. The molecule has 1 atom stereocenters. The SMILES string of the molecule is CCCNC(COCCC)CC(C)(C)C. The van der Waals surface area contributed by atoms with Crippen LogP contribution >= 0.6 is 0 Å². The summed E-state index contributed by atoms with van der Waals surface area (Å²) in [5, 5.41) is 3.56. The third kappa shape index (κ3) is 10.2. The highest BCUT2D eigenvalue weighted by atomic mass is 16.5. The monoisotopic (exact) mass is 215 g/mol. The van der Waals surface area contributed by atoms with E-state index in [1.54, 1.807) is 0 Å². The fourth-order valence-corrected chi connectivity index (χ4v) is 1.65. The first-order chi connectivity index (χ1) is 6.99. The van der Waals surface area contributed by atoms with Gasteiger partial charge >= 0.3 is 0 Å². The molecule has 1 unspecified atom stereocenters. The molecule has 0 aliphatic heterocycles. The molecular weight excluding hydrogens is 186 g/mol. The van der Waals surface area contributed by atoms with Gasteiger partial charge in [0.05, 0.1) is 6.61 Å². The van der Waals surface area contributed by atoms with E-state index in [2.05, 4.69) is 39.9 Å². The van der Waals surface area contributed by atoms with Crippen LogP contribution in [0.1, 0.15) is 53.9 Å². The fraction of sp³-hybridized carbons (Fsp3) is 1.00. The Bertz CT molecular complexity index is 140. The van der Waals surface area contributed by atoms with E-state index in [9.17, 15) is 0 Å². The minimum absolute atomic E-state index is 0.376. The Balaban J connectivity index is 3.84. The Morgan fingerprint density at radius 3 is 2.27 bits per heavy atom. The predicted octanol–water partition coefficient (Wildman–Crippen LogP) is 3.22. The number of nitrogens with one attached hydrogen (secondary N) is 1. The van der Waals surface area contributed by atoms with Gasteiger partial charge in [-0.15, -0.1) is 0 Å². The summed E-state index contributed by atoms with van der Waals surface area (Å²) in [6, 6.07) is 0.511. The van der Waals surface area contributed by atoms with E-state index in [0.717, 1.165) is 26.2 Å². The van der Waals surface area contributed by atoms with Gasteiger partial charge in [-0.25, -0.2) is 0 Å². The van der Waals surface area contributed by atoms with Crippen molar-refractivity contribution in [2.75, 3.05) is 19.8 Å². The van der Waals surface area contributed by atoms with Crippen molar-refractivity contribution in [1.29, 1.82) is 0 Å². The zero-order chi connectivity index (χ0) is 11.7. The van der Waals surface area contributed by atoms with Crippen molar-refractivity contribution in [3.8, 4) is 0 Å². The van der Waals surface area contributed by atoms with Gasteiger partial charge in [0.25, 0.3) is 0 Å². The zero-order valence-corrected chi connectivity index (χ0v) is 11.2. The molecule has 0 fully saturated rings. The van der Waals surface area contributed by atoms with Crippen molar-refractivity contribution >= 4 is 0 Å². The quantitative estimate of drug-likeness (QED) is 0.628. The second-order valence-corrected chi connectivity index (χ2v) is 5.49. The summed E-state index contributed by atoms with van der Waals surface area (Å²) >= 11 is 0. The standard InChI is InChI=1S/C13H29NO/c1-6-8-14-12(10-13(3,4)5)11-15-9-7-2/h12,14H,6-11H2,1-5H3. The molecule has 0 saturated carbocycles. The van der Waals surface area contributed by atoms with Gasteiger partial charge in [0.1, 0.15) is 0 Å². The molecule has 15 heavy (non-hydrogen) atoms. The Kier molecular flexibility index (Phi) is 8.07. The summed E-state index contributed by atoms with van der Waals surface area (Å²) in [5.74, 6) is 0. The lowest BCUT2D eigenvalue weighted by Crippen LogP contribution is -2.37. The molecular formula is C13H29NO. The summed E-state index contributed by atoms with van der Waals surface area (Å²) < 4.78 is 5.63. The summed E-state index contributed by atoms with van der Waals surface area (Å²) in [7, 11) is 0. The molecule has 0 aromatic heterocycles. The van der Waals surface area contributed by atoms with Gasteiger partial charge < -0.3 is 10.1 Å². The van der Waals surface area contributed by atoms with E-state index in [1.807, 2.05) is 0 Å². The highest BCUT2D eigenvalue weighted by molar-refractivity contribution is 4.74. The highest BCUT2D eigenvalue weighted by Crippen LogP contribution is 2.20. The Hall–Kier alpha value is -0.0800. The van der Waals surface area contributed by atoms with Crippen LogP contribution in [0.25, 0.3) is 0 Å². The molecule has 0 aliphatic rings. The minimum Gasteiger partial charge on any atom is -0.380 e. The number of ether oxygens (including phenoxy) is 1. The third-order valence-corrected chi connectivity index (χ3v) is 2.21. The van der Waals surface area contributed by atoms with Gasteiger partial charge in [-0.05, 0) is 31.2 Å². The first kappa shape index (κ1) is 14.9. The van der Waals surface area contributed by atoms with Gasteiger partial charge in [-0.3, -0.25) is 0 Å². The molecule has 0 saturated heterocycles. The first-order valence-electron chi connectivity index (χ1n) is 6.30. The van der Waals surface area contributed by atoms with Crippen LogP contribution in [-0.4, -0.2) is 25.8 Å². The van der Waals surface area contributed by atoms with Gasteiger partial charge in [-0.2, -0.15) is 0 Å². The van der Waals surface area contributed by atoms with Crippen LogP contribution in [0.15, 0.2) is 0 Å². The largest absolute Gasteiger partial charge is 0.380 e. The number of rotatable bonds is 8. The molecule has 92 valence electrons. The molecule has 0 rings (SSSR count). The Morgan fingerprint density at radius 2 is 1.80 bits per heavy atom. The summed E-state index contributed by atoms with van der Waals surface area (Å²) in [6.07, 6.45) is 3.47. The van der Waals surface area contributed by atoms with Crippen LogP contribution in [0, 0.1) is 5.41 Å². The molecule has 0 aromatic carbocycles. The Labute approximate surface area is 95.8 Å². The predicted molar refractivity (Wildman–Crippen MR) is 67.3 cm³/mol. The molecule has 0 radical (unpaired) electrons. The maximum absolute atomic E-state index is 5.63. The van der Waals surface area contributed by atoms with E-state index in [4.69, 9.17) is 4.74 Å². The van der Waals surface area contributed by atoms with E-state index in [-0.39, 0.29) is 0 Å². The molecule has 1 N–H and O–H groups in total. The molecule has 0 amide bonds. The molecule has 0 bridgehead atoms. The smallest absolute Gasteiger partial charge is 0.0619 e. The van der Waals surface area contributed by atoms with Crippen molar-refractivity contribution in [2.24, 2.45) is 5.41 Å². The van der Waals surface area contributed by atoms with E-state index in [0.29, 0.717) is 11.5 Å². The van der Waals surface area contributed by atoms with E-state index < -0.39 is 0 Å². The molecule has 2 nitrogen and oxygen atoms in total. The van der Waals surface area contributed by atoms with Crippen LogP contribution in [0.2, 0.25) is 0 Å². The minimum atomic E-state index is 0.376. The van der Waals surface area contributed by atoms with Gasteiger partial charge in [-0.1, -0.05) is 34.6 Å². The molecule has 0 spiro atoms. The fourth-order valence-electron chi connectivity index (χ4n) is 1.65. The van der Waals surface area contributed by atoms with E-state index >= 15 is 0 Å². The first-order valence-corrected chi connectivity index (χ1v) is 6.30. The summed E-state index contributed by atoms with van der Waals surface area (Å²) in [6.45, 7) is 14.0. The average molecular weight is 215 g/mol. The lowest BCUT2D eigenvalue weighted by Gasteiger charge is -2.26. The van der Waals surface area contributed by atoms with Crippen LogP contribution in [0.3, 0.4) is 0 Å². The normalized spacial score (nSPS) is 14.2. The van der Waals surface area contributed by atoms with Crippen molar-refractivity contribution in [3.63, 3.8) is 0 Å². The number of hydrogen-bond donors (Lipinski definition) is 1. The summed E-state index contributed by atoms with van der Waals surface area (Å²) in [5.41, 5.74) is 0.376. The maximum Gasteiger partial charge on any atom is 0.0619 e. The van der Waals surface area contributed by atoms with Crippen LogP contribution in [0.4, 0.5) is 0 Å². The molecule has 0 aromatic rings. The average Bonchev–Trinajstić information content (AvgIpc) is 2.12. The van der Waals surface area contributed by atoms with Crippen molar-refractivity contribution in [1.82, 2.24) is 5.32 Å². The molecule has 0 aliphatic carbocycles. The molecule has 2 heteroatoms. The lowest BCUT2D eigenvalue weighted by molar-refractivity contribution is 0.0979. The number of hydrogen-bond acceptors (Lipinski definition) is 2. The third-order valence-electron chi connectivity index (χ3n) is 2.21. The maximum atomic E-state index is 5.63. The van der Waals surface area contributed by atoms with Crippen LogP contribution in [0.5, 0.6) is 0 Å². The Morgan fingerprint density at radius 1 is 1.13 bits per heavy atom. The van der Waals surface area contributed by atoms with Crippen LogP contribution < -0.4 is 5.32 Å². The topological polar surface area (TPSA) is 21.3 Å². The lowest BCUT2D eigenvalue weighted by atomic mass is 9.88. The van der Waals surface area contributed by atoms with Crippen molar-refractivity contribution in [2.45, 2.75) is 59.9 Å². The zero-order valence-electron chi connectivity index (χ0n) is 11.2. The van der Waals surface area contributed by atoms with Crippen molar-refractivity contribution < 1.29 is 4.74 Å². The van der Waals surface area contributed by atoms with Gasteiger partial charge in [0.15, 0.2) is 0 Å².